The molecule has 0 aliphatic rings. The summed E-state index contributed by atoms with van der Waals surface area (Å²) in [5.41, 5.74) is 2.06. The van der Waals surface area contributed by atoms with Crippen LogP contribution in [0.3, 0.4) is 0 Å². The van der Waals surface area contributed by atoms with Crippen molar-refractivity contribution in [2.75, 3.05) is 5.32 Å². The molecule has 104 valence electrons. The zero-order valence-corrected chi connectivity index (χ0v) is 12.4. The normalized spacial score (nSPS) is 11.2. The van der Waals surface area contributed by atoms with Gasteiger partial charge in [0.1, 0.15) is 5.69 Å². The third-order valence-corrected chi connectivity index (χ3v) is 3.10. The predicted molar refractivity (Wildman–Crippen MR) is 78.5 cm³/mol. The van der Waals surface area contributed by atoms with E-state index in [9.17, 15) is 0 Å². The number of nitriles is 1. The maximum atomic E-state index is 8.79. The van der Waals surface area contributed by atoms with E-state index in [4.69, 9.17) is 16.9 Å². The quantitative estimate of drug-likeness (QED) is 0.942. The SMILES string of the molecule is CC(C)(C)n1cc(CNc2ccc(C#N)cc2Cl)nn1. The highest BCUT2D eigenvalue weighted by molar-refractivity contribution is 6.33. The Kier molecular flexibility index (Phi) is 3.96. The molecule has 5 nitrogen and oxygen atoms in total. The molecule has 0 bridgehead atoms. The van der Waals surface area contributed by atoms with Gasteiger partial charge >= 0.3 is 0 Å². The van der Waals surface area contributed by atoms with Crippen LogP contribution in [0.25, 0.3) is 0 Å². The molecule has 1 aromatic heterocycles. The Morgan fingerprint density at radius 3 is 2.70 bits per heavy atom. The van der Waals surface area contributed by atoms with Crippen molar-refractivity contribution in [3.8, 4) is 6.07 Å². The summed E-state index contributed by atoms with van der Waals surface area (Å²) in [7, 11) is 0. The van der Waals surface area contributed by atoms with Crippen molar-refractivity contribution in [1.82, 2.24) is 15.0 Å². The maximum absolute atomic E-state index is 8.79. The fourth-order valence-corrected chi connectivity index (χ4v) is 1.87. The molecular weight excluding hydrogens is 274 g/mol. The fraction of sp³-hybridized carbons (Fsp3) is 0.357. The molecule has 0 fully saturated rings. The first-order chi connectivity index (χ1) is 9.40. The molecule has 0 aliphatic carbocycles. The zero-order valence-electron chi connectivity index (χ0n) is 11.7. The van der Waals surface area contributed by atoms with Crippen LogP contribution in [0.4, 0.5) is 5.69 Å². The number of rotatable bonds is 3. The lowest BCUT2D eigenvalue weighted by molar-refractivity contribution is 0.347. The van der Waals surface area contributed by atoms with Crippen LogP contribution < -0.4 is 5.32 Å². The van der Waals surface area contributed by atoms with Crippen LogP contribution in [0.15, 0.2) is 24.4 Å². The predicted octanol–water partition coefficient (Wildman–Crippen LogP) is 3.17. The summed E-state index contributed by atoms with van der Waals surface area (Å²) in [5.74, 6) is 0. The van der Waals surface area contributed by atoms with Gasteiger partial charge in [0, 0.05) is 0 Å². The fourth-order valence-electron chi connectivity index (χ4n) is 1.62. The highest BCUT2D eigenvalue weighted by Crippen LogP contribution is 2.23. The second-order valence-electron chi connectivity index (χ2n) is 5.49. The first kappa shape index (κ1) is 14.4. The van der Waals surface area contributed by atoms with Crippen molar-refractivity contribution >= 4 is 17.3 Å². The van der Waals surface area contributed by atoms with E-state index in [0.29, 0.717) is 17.1 Å². The van der Waals surface area contributed by atoms with Crippen LogP contribution in [0.1, 0.15) is 32.0 Å². The van der Waals surface area contributed by atoms with Gasteiger partial charge in [0.2, 0.25) is 0 Å². The summed E-state index contributed by atoms with van der Waals surface area (Å²) in [4.78, 5) is 0. The van der Waals surface area contributed by atoms with Gasteiger partial charge in [-0.3, -0.25) is 0 Å². The van der Waals surface area contributed by atoms with Crippen molar-refractivity contribution in [3.63, 3.8) is 0 Å². The largest absolute Gasteiger partial charge is 0.378 e. The number of aromatic nitrogens is 3. The molecule has 0 atom stereocenters. The van der Waals surface area contributed by atoms with Crippen LogP contribution in [-0.2, 0) is 12.1 Å². The van der Waals surface area contributed by atoms with Gasteiger partial charge in [-0.1, -0.05) is 16.8 Å². The molecule has 6 heteroatoms. The van der Waals surface area contributed by atoms with Gasteiger partial charge in [-0.05, 0) is 39.0 Å². The monoisotopic (exact) mass is 289 g/mol. The molecule has 0 saturated heterocycles. The molecular formula is C14H16ClN5. The Morgan fingerprint density at radius 2 is 2.15 bits per heavy atom. The molecule has 0 unspecified atom stereocenters. The number of hydrogen-bond donors (Lipinski definition) is 1. The van der Waals surface area contributed by atoms with E-state index in [1.165, 1.54) is 0 Å². The van der Waals surface area contributed by atoms with Gasteiger partial charge in [0.15, 0.2) is 0 Å². The molecule has 2 rings (SSSR count). The van der Waals surface area contributed by atoms with Crippen molar-refractivity contribution in [2.24, 2.45) is 0 Å². The van der Waals surface area contributed by atoms with Gasteiger partial charge in [-0.15, -0.1) is 5.10 Å². The molecule has 0 spiro atoms. The summed E-state index contributed by atoms with van der Waals surface area (Å²) >= 11 is 6.10. The van der Waals surface area contributed by atoms with Crippen molar-refractivity contribution in [3.05, 3.63) is 40.7 Å². The zero-order chi connectivity index (χ0) is 14.8. The maximum Gasteiger partial charge on any atom is 0.102 e. The molecule has 1 heterocycles. The Balaban J connectivity index is 2.06. The van der Waals surface area contributed by atoms with Crippen LogP contribution in [0.2, 0.25) is 5.02 Å². The van der Waals surface area contributed by atoms with E-state index in [1.807, 2.05) is 10.9 Å². The van der Waals surface area contributed by atoms with Crippen LogP contribution >= 0.6 is 11.6 Å². The third kappa shape index (κ3) is 3.28. The molecule has 2 aromatic rings. The van der Waals surface area contributed by atoms with Crippen LogP contribution in [0.5, 0.6) is 0 Å². The Hall–Kier alpha value is -2.06. The number of benzene rings is 1. The minimum atomic E-state index is -0.0860. The second kappa shape index (κ2) is 5.51. The minimum Gasteiger partial charge on any atom is -0.378 e. The number of hydrogen-bond acceptors (Lipinski definition) is 4. The Labute approximate surface area is 123 Å². The highest BCUT2D eigenvalue weighted by Gasteiger charge is 2.15. The van der Waals surface area contributed by atoms with E-state index in [0.717, 1.165) is 11.4 Å². The Bertz CT molecular complexity index is 648. The molecule has 0 amide bonds. The van der Waals surface area contributed by atoms with E-state index in [2.05, 4.69) is 42.5 Å². The summed E-state index contributed by atoms with van der Waals surface area (Å²) < 4.78 is 1.82. The van der Waals surface area contributed by atoms with Crippen molar-refractivity contribution in [1.29, 1.82) is 5.26 Å². The van der Waals surface area contributed by atoms with Gasteiger partial charge < -0.3 is 5.32 Å². The molecule has 0 saturated carbocycles. The van der Waals surface area contributed by atoms with Gasteiger partial charge in [-0.25, -0.2) is 4.68 Å². The standard InChI is InChI=1S/C14H16ClN5/c1-14(2,3)20-9-11(18-19-20)8-17-13-5-4-10(7-16)6-12(13)15/h4-6,9,17H,8H2,1-3H3. The van der Waals surface area contributed by atoms with Crippen molar-refractivity contribution < 1.29 is 0 Å². The van der Waals surface area contributed by atoms with E-state index in [1.54, 1.807) is 18.2 Å². The average molecular weight is 290 g/mol. The van der Waals surface area contributed by atoms with Gasteiger partial charge in [0.25, 0.3) is 0 Å². The summed E-state index contributed by atoms with van der Waals surface area (Å²) in [6.07, 6.45) is 1.91. The van der Waals surface area contributed by atoms with Crippen LogP contribution in [-0.4, -0.2) is 15.0 Å². The van der Waals surface area contributed by atoms with E-state index in [-0.39, 0.29) is 5.54 Å². The third-order valence-electron chi connectivity index (χ3n) is 2.79. The lowest BCUT2D eigenvalue weighted by Crippen LogP contribution is -2.22. The van der Waals surface area contributed by atoms with E-state index < -0.39 is 0 Å². The van der Waals surface area contributed by atoms with Crippen molar-refractivity contribution in [2.45, 2.75) is 32.9 Å². The molecule has 0 radical (unpaired) electrons. The lowest BCUT2D eigenvalue weighted by Gasteiger charge is -2.17. The Morgan fingerprint density at radius 1 is 1.40 bits per heavy atom. The summed E-state index contributed by atoms with van der Waals surface area (Å²) in [5, 5.41) is 20.7. The number of nitrogens with zero attached hydrogens (tertiary/aromatic N) is 4. The summed E-state index contributed by atoms with van der Waals surface area (Å²) in [6, 6.07) is 7.19. The molecule has 0 aliphatic heterocycles. The minimum absolute atomic E-state index is 0.0860. The molecule has 1 aromatic carbocycles. The first-order valence-electron chi connectivity index (χ1n) is 6.25. The number of nitrogens with one attached hydrogen (secondary N) is 1. The topological polar surface area (TPSA) is 66.5 Å². The number of halogens is 1. The first-order valence-corrected chi connectivity index (χ1v) is 6.63. The van der Waals surface area contributed by atoms with Gasteiger partial charge in [-0.2, -0.15) is 5.26 Å². The molecule has 20 heavy (non-hydrogen) atoms. The summed E-state index contributed by atoms with van der Waals surface area (Å²) in [6.45, 7) is 6.73. The highest BCUT2D eigenvalue weighted by atomic mass is 35.5. The second-order valence-corrected chi connectivity index (χ2v) is 5.89. The molecule has 1 N–H and O–H groups in total. The number of anilines is 1. The average Bonchev–Trinajstić information content (AvgIpc) is 2.86. The van der Waals surface area contributed by atoms with E-state index >= 15 is 0 Å². The van der Waals surface area contributed by atoms with Gasteiger partial charge in [0.05, 0.1) is 40.6 Å². The smallest absolute Gasteiger partial charge is 0.102 e. The van der Waals surface area contributed by atoms with Crippen LogP contribution in [0, 0.1) is 11.3 Å². The lowest BCUT2D eigenvalue weighted by atomic mass is 10.1.